The van der Waals surface area contributed by atoms with Crippen LogP contribution in [0.25, 0.3) is 0 Å². The lowest BCUT2D eigenvalue weighted by Crippen LogP contribution is -2.40. The predicted molar refractivity (Wildman–Crippen MR) is 101 cm³/mol. The molecule has 1 aliphatic heterocycles. The number of carbonyl (C=O) groups is 1. The Morgan fingerprint density at radius 1 is 1.11 bits per heavy atom. The van der Waals surface area contributed by atoms with E-state index in [9.17, 15) is 17.9 Å². The molecule has 0 aromatic heterocycles. The summed E-state index contributed by atoms with van der Waals surface area (Å²) in [5, 5.41) is 2.51. The maximum Gasteiger partial charge on any atom is 0.229 e. The van der Waals surface area contributed by atoms with Gasteiger partial charge in [-0.3, -0.25) is 4.79 Å². The second-order valence-electron chi connectivity index (χ2n) is 7.17. The number of carbonyl (C=O) groups excluding carboxylic acids is 1. The molecule has 7 heteroatoms. The lowest BCUT2D eigenvalue weighted by atomic mass is 9.99. The predicted octanol–water partition coefficient (Wildman–Crippen LogP) is 3.53. The number of hydrogen-bond donors (Lipinski definition) is 1. The molecule has 5 nitrogen and oxygen atoms in total. The van der Waals surface area contributed by atoms with Crippen LogP contribution in [0.4, 0.5) is 10.1 Å². The summed E-state index contributed by atoms with van der Waals surface area (Å²) < 4.78 is 40.5. The number of nitrogens with one attached hydrogen (secondary N) is 1. The molecule has 27 heavy (non-hydrogen) atoms. The first-order chi connectivity index (χ1) is 12.9. The molecule has 1 N–H and O–H groups in total. The summed E-state index contributed by atoms with van der Waals surface area (Å²) in [6.07, 6.45) is 1.71. The highest BCUT2D eigenvalue weighted by atomic mass is 32.3. The van der Waals surface area contributed by atoms with Crippen molar-refractivity contribution < 1.29 is 17.9 Å². The minimum atomic E-state index is -3.45. The van der Waals surface area contributed by atoms with E-state index < -0.39 is 22.4 Å². The molecule has 2 fully saturated rings. The molecule has 1 heterocycles. The van der Waals surface area contributed by atoms with Crippen LogP contribution in [-0.2, 0) is 19.4 Å². The van der Waals surface area contributed by atoms with E-state index in [1.54, 1.807) is 24.3 Å². The summed E-state index contributed by atoms with van der Waals surface area (Å²) in [5.74, 6) is -1.01. The fourth-order valence-corrected chi connectivity index (χ4v) is 5.65. The number of nitrogens with zero attached hydrogens (tertiary/aromatic N) is 1. The highest BCUT2D eigenvalue weighted by Gasteiger charge is 2.52. The first kappa shape index (κ1) is 18.3. The number of benzene rings is 2. The largest absolute Gasteiger partial charge is 0.597 e. The fraction of sp³-hybridized carbons (Fsp3) is 0.350. The maximum absolute atomic E-state index is 13.3. The Labute approximate surface area is 159 Å². The lowest BCUT2D eigenvalue weighted by Gasteiger charge is -2.29. The lowest BCUT2D eigenvalue weighted by molar-refractivity contribution is -0.119. The standard InChI is InChI=1S/C20H21FN2O3S/c21-16-8-6-14(7-9-16)19-12-15(13-23(19)27(25,26)18-10-11-18)20(24)22-17-4-2-1-3-5-17/h1-9,15,18-19H,10-13H2,(H-,22,24,25,26)/t15-,19-/m1/s1. The van der Waals surface area contributed by atoms with Crippen molar-refractivity contribution in [2.45, 2.75) is 30.6 Å². The molecule has 1 saturated carbocycles. The smallest absolute Gasteiger partial charge is 0.229 e. The molecule has 142 valence electrons. The van der Waals surface area contributed by atoms with Crippen LogP contribution in [-0.4, -0.2) is 26.6 Å². The van der Waals surface area contributed by atoms with Gasteiger partial charge < -0.3 is 9.87 Å². The van der Waals surface area contributed by atoms with Crippen LogP contribution in [0.3, 0.4) is 0 Å². The minimum Gasteiger partial charge on any atom is -0.597 e. The van der Waals surface area contributed by atoms with Crippen LogP contribution >= 0.6 is 0 Å². The number of para-hydroxylation sites is 1. The van der Waals surface area contributed by atoms with Crippen molar-refractivity contribution in [1.82, 2.24) is 4.31 Å². The number of hydrogen-bond acceptors (Lipinski definition) is 3. The number of anilines is 1. The molecule has 2 aliphatic rings. The zero-order valence-electron chi connectivity index (χ0n) is 14.7. The van der Waals surface area contributed by atoms with Crippen LogP contribution < -0.4 is 5.32 Å². The molecular weight excluding hydrogens is 367 g/mol. The number of rotatable bonds is 5. The van der Waals surface area contributed by atoms with Crippen LogP contribution in [0.5, 0.6) is 0 Å². The first-order valence-corrected chi connectivity index (χ1v) is 10.6. The molecule has 4 rings (SSSR count). The van der Waals surface area contributed by atoms with Crippen LogP contribution in [0.2, 0.25) is 0 Å². The highest BCUT2D eigenvalue weighted by molar-refractivity contribution is 7.96. The van der Waals surface area contributed by atoms with Gasteiger partial charge in [-0.15, -0.1) is 4.31 Å². The second kappa shape index (κ2) is 7.14. The van der Waals surface area contributed by atoms with Crippen molar-refractivity contribution in [2.75, 3.05) is 11.9 Å². The summed E-state index contributed by atoms with van der Waals surface area (Å²) in [6.45, 7) is 0.152. The molecule has 0 spiro atoms. The molecule has 2 aromatic rings. The number of halogens is 1. The van der Waals surface area contributed by atoms with Gasteiger partial charge in [-0.1, -0.05) is 34.5 Å². The maximum atomic E-state index is 13.3. The zero-order valence-corrected chi connectivity index (χ0v) is 15.5. The molecule has 0 bridgehead atoms. The van der Waals surface area contributed by atoms with Gasteiger partial charge in [-0.25, -0.2) is 4.39 Å². The zero-order chi connectivity index (χ0) is 19.0. The molecule has 1 saturated heterocycles. The highest BCUT2D eigenvalue weighted by Crippen LogP contribution is 2.45. The summed E-state index contributed by atoms with van der Waals surface area (Å²) in [4.78, 5) is 12.7. The van der Waals surface area contributed by atoms with E-state index in [0.29, 0.717) is 24.9 Å². The van der Waals surface area contributed by atoms with E-state index in [1.165, 1.54) is 16.4 Å². The van der Waals surface area contributed by atoms with E-state index in [0.717, 1.165) is 5.56 Å². The van der Waals surface area contributed by atoms with Crippen molar-refractivity contribution in [2.24, 2.45) is 5.92 Å². The third-order valence-electron chi connectivity index (χ3n) is 5.20. The van der Waals surface area contributed by atoms with Gasteiger partial charge in [0.15, 0.2) is 0 Å². The third-order valence-corrected chi connectivity index (χ3v) is 7.57. The Bertz CT molecular complexity index is 871. The number of sulfonamides is 1. The molecule has 1 unspecified atom stereocenters. The molecule has 3 atom stereocenters. The summed E-state index contributed by atoms with van der Waals surface area (Å²) in [7, 11) is -3.45. The van der Waals surface area contributed by atoms with Crippen LogP contribution in [0.1, 0.15) is 30.9 Å². The molecule has 1 amide bonds. The van der Waals surface area contributed by atoms with Gasteiger partial charge in [0.05, 0.1) is 18.5 Å². The molecule has 1 aliphatic carbocycles. The third kappa shape index (κ3) is 3.81. The Balaban J connectivity index is 1.57. The van der Waals surface area contributed by atoms with Gasteiger partial charge in [0, 0.05) is 18.5 Å². The molecule has 2 aromatic carbocycles. The molecule has 0 radical (unpaired) electrons. The van der Waals surface area contributed by atoms with E-state index in [2.05, 4.69) is 5.32 Å². The SMILES string of the molecule is O=C(Nc1ccccc1)[C@@H]1C[C@H](c2ccc(F)cc2)N([S+](=O)([O-])C2CC2)C1. The van der Waals surface area contributed by atoms with Gasteiger partial charge in [-0.05, 0) is 36.2 Å². The van der Waals surface area contributed by atoms with E-state index in [1.807, 2.05) is 18.2 Å². The Kier molecular flexibility index (Phi) is 4.84. The topological polar surface area (TPSA) is 72.5 Å². The average Bonchev–Trinajstić information content (AvgIpc) is 3.42. The summed E-state index contributed by atoms with van der Waals surface area (Å²) in [5.41, 5.74) is 1.40. The first-order valence-electron chi connectivity index (χ1n) is 9.07. The Hall–Kier alpha value is -2.09. The van der Waals surface area contributed by atoms with Crippen molar-refractivity contribution >= 4 is 22.0 Å². The molecular formula is C20H21FN2O3S. The quantitative estimate of drug-likeness (QED) is 0.797. The van der Waals surface area contributed by atoms with E-state index >= 15 is 0 Å². The van der Waals surface area contributed by atoms with Crippen LogP contribution in [0, 0.1) is 11.7 Å². The van der Waals surface area contributed by atoms with Crippen molar-refractivity contribution in [3.8, 4) is 0 Å². The number of amides is 1. The van der Waals surface area contributed by atoms with Crippen molar-refractivity contribution in [3.05, 3.63) is 66.0 Å². The second-order valence-corrected chi connectivity index (χ2v) is 9.33. The van der Waals surface area contributed by atoms with E-state index in [4.69, 9.17) is 0 Å². The van der Waals surface area contributed by atoms with Gasteiger partial charge in [0.1, 0.15) is 21.5 Å². The van der Waals surface area contributed by atoms with Crippen LogP contribution in [0.15, 0.2) is 54.6 Å². The Morgan fingerprint density at radius 2 is 1.78 bits per heavy atom. The van der Waals surface area contributed by atoms with Gasteiger partial charge in [0.2, 0.25) is 5.91 Å². The van der Waals surface area contributed by atoms with Crippen molar-refractivity contribution in [3.63, 3.8) is 0 Å². The monoisotopic (exact) mass is 388 g/mol. The normalized spacial score (nSPS) is 25.1. The van der Waals surface area contributed by atoms with E-state index in [-0.39, 0.29) is 23.5 Å². The van der Waals surface area contributed by atoms with Gasteiger partial charge >= 0.3 is 0 Å². The average molecular weight is 388 g/mol. The summed E-state index contributed by atoms with van der Waals surface area (Å²) in [6, 6.07) is 14.5. The Morgan fingerprint density at radius 3 is 2.41 bits per heavy atom. The summed E-state index contributed by atoms with van der Waals surface area (Å²) >= 11 is 0. The fourth-order valence-electron chi connectivity index (χ4n) is 3.59. The van der Waals surface area contributed by atoms with Gasteiger partial charge in [0.25, 0.3) is 0 Å². The minimum absolute atomic E-state index is 0.152. The van der Waals surface area contributed by atoms with Gasteiger partial charge in [-0.2, -0.15) is 0 Å². The van der Waals surface area contributed by atoms with Crippen molar-refractivity contribution in [1.29, 1.82) is 0 Å².